The van der Waals surface area contributed by atoms with E-state index in [0.717, 1.165) is 12.3 Å². The molecule has 0 aromatic carbocycles. The van der Waals surface area contributed by atoms with Gasteiger partial charge < -0.3 is 9.47 Å². The van der Waals surface area contributed by atoms with E-state index in [0.29, 0.717) is 0 Å². The number of ether oxygens (including phenoxy) is 2. The molecule has 0 saturated carbocycles. The number of carbonyl (C=O) groups excluding carboxylic acids is 1. The van der Waals surface area contributed by atoms with Crippen LogP contribution in [-0.4, -0.2) is 23.9 Å². The molecule has 0 atom stereocenters. The summed E-state index contributed by atoms with van der Waals surface area (Å²) in [5.74, 6) is -1.68. The fourth-order valence-electron chi connectivity index (χ4n) is 1.06. The van der Waals surface area contributed by atoms with E-state index in [1.165, 1.54) is 6.07 Å². The Morgan fingerprint density at radius 2 is 2.22 bits per heavy atom. The first kappa shape index (κ1) is 13.8. The maximum absolute atomic E-state index is 12.1. The maximum atomic E-state index is 12.1. The molecule has 5 nitrogen and oxygen atoms in total. The molecular weight excluding hydrogens is 253 g/mol. The van der Waals surface area contributed by atoms with E-state index in [9.17, 15) is 18.0 Å². The van der Waals surface area contributed by atoms with Crippen LogP contribution in [0.2, 0.25) is 0 Å². The first-order valence-electron chi connectivity index (χ1n) is 4.70. The molecule has 8 heteroatoms. The molecule has 0 fully saturated rings. The molecule has 18 heavy (non-hydrogen) atoms. The van der Waals surface area contributed by atoms with Crippen molar-refractivity contribution >= 4 is 5.97 Å². The van der Waals surface area contributed by atoms with E-state index in [1.54, 1.807) is 6.92 Å². The van der Waals surface area contributed by atoms with Crippen LogP contribution in [-0.2, 0) is 4.74 Å². The van der Waals surface area contributed by atoms with Crippen LogP contribution in [0.3, 0.4) is 0 Å². The Hall–Kier alpha value is -2.30. The van der Waals surface area contributed by atoms with Crippen LogP contribution in [0.4, 0.5) is 13.2 Å². The quantitative estimate of drug-likeness (QED) is 0.777. The SMILES string of the molecule is CCOC(=O)c1cnc(C#N)c(OC(F)(F)F)c1. The number of halogens is 3. The molecule has 0 aliphatic rings. The zero-order valence-corrected chi connectivity index (χ0v) is 9.11. The minimum atomic E-state index is -4.97. The number of hydrogen-bond donors (Lipinski definition) is 0. The zero-order chi connectivity index (χ0) is 13.8. The Morgan fingerprint density at radius 3 is 2.72 bits per heavy atom. The van der Waals surface area contributed by atoms with Crippen LogP contribution >= 0.6 is 0 Å². The van der Waals surface area contributed by atoms with Gasteiger partial charge in [-0.15, -0.1) is 13.2 Å². The molecule has 96 valence electrons. The van der Waals surface area contributed by atoms with Gasteiger partial charge >= 0.3 is 12.3 Å². The summed E-state index contributed by atoms with van der Waals surface area (Å²) in [4.78, 5) is 14.7. The number of carbonyl (C=O) groups is 1. The Labute approximate surface area is 99.8 Å². The van der Waals surface area contributed by atoms with Crippen molar-refractivity contribution in [2.45, 2.75) is 13.3 Å². The summed E-state index contributed by atoms with van der Waals surface area (Å²) in [6, 6.07) is 2.19. The Balaban J connectivity index is 3.10. The van der Waals surface area contributed by atoms with Gasteiger partial charge in [0.15, 0.2) is 11.4 Å². The third-order valence-electron chi connectivity index (χ3n) is 1.70. The van der Waals surface area contributed by atoms with E-state index in [4.69, 9.17) is 5.26 Å². The Kier molecular flexibility index (Phi) is 4.09. The van der Waals surface area contributed by atoms with Crippen LogP contribution in [0.15, 0.2) is 12.3 Å². The highest BCUT2D eigenvalue weighted by Crippen LogP contribution is 2.25. The average molecular weight is 260 g/mol. The van der Waals surface area contributed by atoms with Crippen molar-refractivity contribution in [3.05, 3.63) is 23.5 Å². The van der Waals surface area contributed by atoms with E-state index in [1.807, 2.05) is 0 Å². The van der Waals surface area contributed by atoms with Crippen LogP contribution in [0.5, 0.6) is 5.75 Å². The van der Waals surface area contributed by atoms with Gasteiger partial charge in [0, 0.05) is 6.20 Å². The molecule has 1 heterocycles. The summed E-state index contributed by atoms with van der Waals surface area (Å²) >= 11 is 0. The molecule has 0 aliphatic heterocycles. The standard InChI is InChI=1S/C10H7F3N2O3/c1-2-17-9(16)6-3-8(18-10(11,12)13)7(4-14)15-5-6/h3,5H,2H2,1H3. The lowest BCUT2D eigenvalue weighted by molar-refractivity contribution is -0.274. The molecule has 1 aromatic rings. The van der Waals surface area contributed by atoms with Crippen molar-refractivity contribution in [2.24, 2.45) is 0 Å². The summed E-state index contributed by atoms with van der Waals surface area (Å²) in [6.07, 6.45) is -4.03. The van der Waals surface area contributed by atoms with Gasteiger partial charge in [0.1, 0.15) is 6.07 Å². The maximum Gasteiger partial charge on any atom is 0.573 e. The number of pyridine rings is 1. The number of esters is 1. The second kappa shape index (κ2) is 5.35. The average Bonchev–Trinajstić information content (AvgIpc) is 2.27. The van der Waals surface area contributed by atoms with E-state index >= 15 is 0 Å². The number of nitriles is 1. The minimum absolute atomic E-state index is 0.0638. The number of hydrogen-bond acceptors (Lipinski definition) is 5. The van der Waals surface area contributed by atoms with Gasteiger partial charge in [-0.05, 0) is 13.0 Å². The van der Waals surface area contributed by atoms with Gasteiger partial charge in [-0.3, -0.25) is 0 Å². The first-order valence-corrected chi connectivity index (χ1v) is 4.70. The summed E-state index contributed by atoms with van der Waals surface area (Å²) in [5, 5.41) is 8.57. The number of nitrogens with zero attached hydrogens (tertiary/aromatic N) is 2. The monoisotopic (exact) mass is 260 g/mol. The molecule has 1 aromatic heterocycles. The molecule has 0 saturated heterocycles. The van der Waals surface area contributed by atoms with Gasteiger partial charge in [-0.2, -0.15) is 5.26 Å². The van der Waals surface area contributed by atoms with Gasteiger partial charge in [0.25, 0.3) is 0 Å². The van der Waals surface area contributed by atoms with Gasteiger partial charge in [-0.25, -0.2) is 9.78 Å². The third kappa shape index (κ3) is 3.62. The second-order valence-corrected chi connectivity index (χ2v) is 2.95. The lowest BCUT2D eigenvalue weighted by atomic mass is 10.2. The predicted molar refractivity (Wildman–Crippen MR) is 51.6 cm³/mol. The van der Waals surface area contributed by atoms with Crippen molar-refractivity contribution in [2.75, 3.05) is 6.61 Å². The zero-order valence-electron chi connectivity index (χ0n) is 9.11. The Bertz CT molecular complexity index is 494. The lowest BCUT2D eigenvalue weighted by Gasteiger charge is -2.10. The van der Waals surface area contributed by atoms with E-state index in [-0.39, 0.29) is 12.2 Å². The van der Waals surface area contributed by atoms with Crippen LogP contribution < -0.4 is 4.74 Å². The van der Waals surface area contributed by atoms with E-state index in [2.05, 4.69) is 14.5 Å². The Morgan fingerprint density at radius 1 is 1.56 bits per heavy atom. The number of aromatic nitrogens is 1. The molecule has 0 N–H and O–H groups in total. The van der Waals surface area contributed by atoms with Gasteiger partial charge in [0.05, 0.1) is 12.2 Å². The van der Waals surface area contributed by atoms with Crippen molar-refractivity contribution < 1.29 is 27.4 Å². The van der Waals surface area contributed by atoms with Gasteiger partial charge in [0.2, 0.25) is 0 Å². The van der Waals surface area contributed by atoms with Crippen molar-refractivity contribution in [3.8, 4) is 11.8 Å². The highest BCUT2D eigenvalue weighted by atomic mass is 19.4. The van der Waals surface area contributed by atoms with Crippen molar-refractivity contribution in [3.63, 3.8) is 0 Å². The van der Waals surface area contributed by atoms with Gasteiger partial charge in [-0.1, -0.05) is 0 Å². The predicted octanol–water partition coefficient (Wildman–Crippen LogP) is 2.03. The van der Waals surface area contributed by atoms with Crippen LogP contribution in [0, 0.1) is 11.3 Å². The minimum Gasteiger partial charge on any atom is -0.462 e. The van der Waals surface area contributed by atoms with Crippen LogP contribution in [0.25, 0.3) is 0 Å². The molecular formula is C10H7F3N2O3. The van der Waals surface area contributed by atoms with Crippen molar-refractivity contribution in [1.29, 1.82) is 5.26 Å². The highest BCUT2D eigenvalue weighted by Gasteiger charge is 2.33. The second-order valence-electron chi connectivity index (χ2n) is 2.95. The topological polar surface area (TPSA) is 72.2 Å². The number of rotatable bonds is 3. The molecule has 0 unspecified atom stereocenters. The highest BCUT2D eigenvalue weighted by molar-refractivity contribution is 5.89. The fourth-order valence-corrected chi connectivity index (χ4v) is 1.06. The third-order valence-corrected chi connectivity index (χ3v) is 1.70. The molecule has 0 radical (unpaired) electrons. The largest absolute Gasteiger partial charge is 0.573 e. The molecule has 0 aliphatic carbocycles. The molecule has 1 rings (SSSR count). The fraction of sp³-hybridized carbons (Fsp3) is 0.300. The molecule has 0 bridgehead atoms. The summed E-state index contributed by atoms with van der Waals surface area (Å²) in [6.45, 7) is 1.61. The lowest BCUT2D eigenvalue weighted by Crippen LogP contribution is -2.19. The summed E-state index contributed by atoms with van der Waals surface area (Å²) in [5.41, 5.74) is -0.796. The molecule has 0 spiro atoms. The smallest absolute Gasteiger partial charge is 0.462 e. The summed E-state index contributed by atoms with van der Waals surface area (Å²) in [7, 11) is 0. The summed E-state index contributed by atoms with van der Waals surface area (Å²) < 4.78 is 44.4. The molecule has 0 amide bonds. The van der Waals surface area contributed by atoms with Crippen molar-refractivity contribution in [1.82, 2.24) is 4.98 Å². The van der Waals surface area contributed by atoms with Crippen LogP contribution in [0.1, 0.15) is 23.0 Å². The number of alkyl halides is 3. The normalized spacial score (nSPS) is 10.6. The first-order chi connectivity index (χ1) is 8.37. The van der Waals surface area contributed by atoms with E-state index < -0.39 is 23.8 Å².